The van der Waals surface area contributed by atoms with Crippen molar-refractivity contribution in [1.82, 2.24) is 15.1 Å². The van der Waals surface area contributed by atoms with Crippen molar-refractivity contribution in [2.75, 3.05) is 39.8 Å². The molecule has 0 aliphatic heterocycles. The van der Waals surface area contributed by atoms with Gasteiger partial charge in [0.15, 0.2) is 0 Å². The average Bonchev–Trinajstić information content (AvgIpc) is 2.52. The van der Waals surface area contributed by atoms with Crippen LogP contribution in [0.3, 0.4) is 0 Å². The topological polar surface area (TPSA) is 18.5 Å². The Labute approximate surface area is 131 Å². The van der Waals surface area contributed by atoms with E-state index in [1.54, 1.807) is 0 Å². The fourth-order valence-corrected chi connectivity index (χ4v) is 2.63. The summed E-state index contributed by atoms with van der Waals surface area (Å²) < 4.78 is 0. The smallest absolute Gasteiger partial charge is 0.0233 e. The highest BCUT2D eigenvalue weighted by atomic mass is 15.1. The molecule has 1 N–H and O–H groups in total. The van der Waals surface area contributed by atoms with Gasteiger partial charge in [0.1, 0.15) is 0 Å². The zero-order chi connectivity index (χ0) is 15.5. The lowest BCUT2D eigenvalue weighted by atomic mass is 10.1. The standard InChI is InChI=1S/C18H33N3/c1-5-20(6-2)13-8-14-21(7-3)16-18-11-9-17(10-12-18)15-19-4/h9-12,19H,5-8,13-16H2,1-4H3. The van der Waals surface area contributed by atoms with Crippen molar-refractivity contribution in [3.05, 3.63) is 35.4 Å². The fraction of sp³-hybridized carbons (Fsp3) is 0.667. The summed E-state index contributed by atoms with van der Waals surface area (Å²) in [6.45, 7) is 14.6. The molecular weight excluding hydrogens is 258 g/mol. The molecule has 3 heteroatoms. The van der Waals surface area contributed by atoms with Crippen molar-refractivity contribution in [1.29, 1.82) is 0 Å². The summed E-state index contributed by atoms with van der Waals surface area (Å²) in [5.41, 5.74) is 2.77. The van der Waals surface area contributed by atoms with Crippen molar-refractivity contribution in [3.8, 4) is 0 Å². The van der Waals surface area contributed by atoms with E-state index in [1.165, 1.54) is 30.6 Å². The normalized spacial score (nSPS) is 11.5. The van der Waals surface area contributed by atoms with Crippen LogP contribution in [0.5, 0.6) is 0 Å². The summed E-state index contributed by atoms with van der Waals surface area (Å²) in [7, 11) is 1.99. The number of rotatable bonds is 11. The SMILES string of the molecule is CCN(CC)CCCN(CC)Cc1ccc(CNC)cc1. The van der Waals surface area contributed by atoms with Crippen LogP contribution < -0.4 is 5.32 Å². The van der Waals surface area contributed by atoms with Gasteiger partial charge in [0.05, 0.1) is 0 Å². The Hall–Kier alpha value is -0.900. The quantitative estimate of drug-likeness (QED) is 0.676. The predicted molar refractivity (Wildman–Crippen MR) is 92.6 cm³/mol. The molecular formula is C18H33N3. The van der Waals surface area contributed by atoms with Crippen LogP contribution in [0.15, 0.2) is 24.3 Å². The molecule has 1 rings (SSSR count). The molecule has 3 nitrogen and oxygen atoms in total. The maximum atomic E-state index is 3.19. The van der Waals surface area contributed by atoms with E-state index < -0.39 is 0 Å². The van der Waals surface area contributed by atoms with Crippen molar-refractivity contribution in [2.45, 2.75) is 40.3 Å². The molecule has 0 heterocycles. The molecule has 0 aromatic heterocycles. The minimum absolute atomic E-state index is 0.946. The average molecular weight is 291 g/mol. The highest BCUT2D eigenvalue weighted by Gasteiger charge is 2.05. The van der Waals surface area contributed by atoms with Crippen LogP contribution in [-0.4, -0.2) is 49.6 Å². The molecule has 0 bridgehead atoms. The van der Waals surface area contributed by atoms with E-state index in [-0.39, 0.29) is 0 Å². The number of hydrogen-bond acceptors (Lipinski definition) is 3. The Morgan fingerprint density at radius 2 is 1.33 bits per heavy atom. The Morgan fingerprint density at radius 3 is 1.86 bits per heavy atom. The molecule has 0 aliphatic rings. The van der Waals surface area contributed by atoms with Crippen molar-refractivity contribution in [2.24, 2.45) is 0 Å². The maximum Gasteiger partial charge on any atom is 0.0233 e. The summed E-state index contributed by atoms with van der Waals surface area (Å²) >= 11 is 0. The second-order valence-electron chi connectivity index (χ2n) is 5.60. The molecule has 0 amide bonds. The number of nitrogens with zero attached hydrogens (tertiary/aromatic N) is 2. The highest BCUT2D eigenvalue weighted by Crippen LogP contribution is 2.08. The van der Waals surface area contributed by atoms with E-state index in [0.717, 1.165) is 32.7 Å². The maximum absolute atomic E-state index is 3.19. The first-order valence-corrected chi connectivity index (χ1v) is 8.40. The lowest BCUT2D eigenvalue weighted by Crippen LogP contribution is -2.29. The summed E-state index contributed by atoms with van der Waals surface area (Å²) in [6.07, 6.45) is 1.26. The van der Waals surface area contributed by atoms with Gasteiger partial charge in [-0.2, -0.15) is 0 Å². The zero-order valence-corrected chi connectivity index (χ0v) is 14.4. The van der Waals surface area contributed by atoms with Crippen LogP contribution in [0.1, 0.15) is 38.3 Å². The molecule has 1 aromatic carbocycles. The van der Waals surface area contributed by atoms with Gasteiger partial charge in [-0.05, 0) is 57.3 Å². The summed E-state index contributed by atoms with van der Waals surface area (Å²) in [6, 6.07) is 8.99. The number of nitrogens with one attached hydrogen (secondary N) is 1. The summed E-state index contributed by atoms with van der Waals surface area (Å²) in [5.74, 6) is 0. The number of benzene rings is 1. The van der Waals surface area contributed by atoms with Crippen LogP contribution in [0.2, 0.25) is 0 Å². The molecule has 0 unspecified atom stereocenters. The summed E-state index contributed by atoms with van der Waals surface area (Å²) in [4.78, 5) is 5.04. The van der Waals surface area contributed by atoms with Crippen molar-refractivity contribution < 1.29 is 0 Å². The molecule has 0 aliphatic carbocycles. The molecule has 0 atom stereocenters. The molecule has 120 valence electrons. The van der Waals surface area contributed by atoms with Crippen molar-refractivity contribution in [3.63, 3.8) is 0 Å². The van der Waals surface area contributed by atoms with Gasteiger partial charge < -0.3 is 10.2 Å². The first-order valence-electron chi connectivity index (χ1n) is 8.40. The Kier molecular flexibility index (Phi) is 9.31. The fourth-order valence-electron chi connectivity index (χ4n) is 2.63. The van der Waals surface area contributed by atoms with Gasteiger partial charge in [0, 0.05) is 13.1 Å². The van der Waals surface area contributed by atoms with Crippen LogP contribution in [-0.2, 0) is 13.1 Å². The van der Waals surface area contributed by atoms with Crippen LogP contribution in [0, 0.1) is 0 Å². The highest BCUT2D eigenvalue weighted by molar-refractivity contribution is 5.22. The van der Waals surface area contributed by atoms with Gasteiger partial charge in [-0.25, -0.2) is 0 Å². The Bertz CT molecular complexity index is 357. The monoisotopic (exact) mass is 291 g/mol. The van der Waals surface area contributed by atoms with Crippen LogP contribution in [0.25, 0.3) is 0 Å². The van der Waals surface area contributed by atoms with Crippen LogP contribution in [0.4, 0.5) is 0 Å². The van der Waals surface area contributed by atoms with Gasteiger partial charge in [-0.3, -0.25) is 4.90 Å². The predicted octanol–water partition coefficient (Wildman–Crippen LogP) is 2.96. The molecule has 0 fully saturated rings. The van der Waals surface area contributed by atoms with Gasteiger partial charge in [0.2, 0.25) is 0 Å². The van der Waals surface area contributed by atoms with E-state index >= 15 is 0 Å². The Morgan fingerprint density at radius 1 is 0.810 bits per heavy atom. The van der Waals surface area contributed by atoms with E-state index in [2.05, 4.69) is 60.2 Å². The lowest BCUT2D eigenvalue weighted by molar-refractivity contribution is 0.238. The Balaban J connectivity index is 2.38. The molecule has 0 saturated carbocycles. The minimum atomic E-state index is 0.946. The lowest BCUT2D eigenvalue weighted by Gasteiger charge is -2.23. The van der Waals surface area contributed by atoms with Gasteiger partial charge in [-0.1, -0.05) is 45.0 Å². The third-order valence-corrected chi connectivity index (χ3v) is 4.10. The van der Waals surface area contributed by atoms with E-state index in [4.69, 9.17) is 0 Å². The van der Waals surface area contributed by atoms with Gasteiger partial charge in [0.25, 0.3) is 0 Å². The van der Waals surface area contributed by atoms with E-state index in [9.17, 15) is 0 Å². The first kappa shape index (κ1) is 18.1. The van der Waals surface area contributed by atoms with Gasteiger partial charge in [-0.15, -0.1) is 0 Å². The third-order valence-electron chi connectivity index (χ3n) is 4.10. The van der Waals surface area contributed by atoms with Gasteiger partial charge >= 0.3 is 0 Å². The second-order valence-corrected chi connectivity index (χ2v) is 5.60. The number of hydrogen-bond donors (Lipinski definition) is 1. The zero-order valence-electron chi connectivity index (χ0n) is 14.4. The molecule has 1 aromatic rings. The minimum Gasteiger partial charge on any atom is -0.316 e. The third kappa shape index (κ3) is 7.07. The summed E-state index contributed by atoms with van der Waals surface area (Å²) in [5, 5.41) is 3.19. The first-order chi connectivity index (χ1) is 10.2. The van der Waals surface area contributed by atoms with E-state index in [1.807, 2.05) is 7.05 Å². The van der Waals surface area contributed by atoms with Crippen molar-refractivity contribution >= 4 is 0 Å². The largest absolute Gasteiger partial charge is 0.316 e. The molecule has 0 spiro atoms. The molecule has 21 heavy (non-hydrogen) atoms. The second kappa shape index (κ2) is 10.8. The molecule has 0 radical (unpaired) electrons. The molecule has 0 saturated heterocycles. The van der Waals surface area contributed by atoms with E-state index in [0.29, 0.717) is 0 Å². The van der Waals surface area contributed by atoms with Crippen LogP contribution >= 0.6 is 0 Å².